The third-order valence-corrected chi connectivity index (χ3v) is 7.13. The predicted molar refractivity (Wildman–Crippen MR) is 88.9 cm³/mol. The van der Waals surface area contributed by atoms with E-state index >= 15 is 0 Å². The van der Waals surface area contributed by atoms with Crippen LogP contribution in [0.25, 0.3) is 0 Å². The summed E-state index contributed by atoms with van der Waals surface area (Å²) in [6.45, 7) is 15.1. The number of aliphatic imine (C=N–C) groups is 1. The minimum absolute atomic E-state index is 0.0316. The molecule has 6 nitrogen and oxygen atoms in total. The van der Waals surface area contributed by atoms with Gasteiger partial charge in [0.05, 0.1) is 5.60 Å². The molecule has 7 heteroatoms. The van der Waals surface area contributed by atoms with Crippen LogP contribution in [0.1, 0.15) is 54.9 Å². The van der Waals surface area contributed by atoms with Crippen molar-refractivity contribution in [1.82, 2.24) is 0 Å². The fourth-order valence-corrected chi connectivity index (χ4v) is 5.15. The van der Waals surface area contributed by atoms with Crippen LogP contribution in [0.5, 0.6) is 0 Å². The monoisotopic (exact) mass is 319 g/mol. The van der Waals surface area contributed by atoms with E-state index in [1.165, 1.54) is 0 Å². The maximum Gasteiger partial charge on any atom is 0.527 e. The van der Waals surface area contributed by atoms with Gasteiger partial charge in [-0.25, -0.2) is 4.99 Å². The van der Waals surface area contributed by atoms with Crippen LogP contribution in [0, 0.1) is 5.92 Å². The van der Waals surface area contributed by atoms with Gasteiger partial charge in [0.25, 0.3) is 0 Å². The van der Waals surface area contributed by atoms with Crippen LogP contribution in [-0.2, 0) is 13.3 Å². The Morgan fingerprint density at radius 3 is 1.86 bits per heavy atom. The number of nitrogens with two attached hydrogens (primary N) is 2. The quantitative estimate of drug-likeness (QED) is 0.365. The summed E-state index contributed by atoms with van der Waals surface area (Å²) >= 11 is 0. The first-order valence-corrected chi connectivity index (χ1v) is 9.52. The van der Waals surface area contributed by atoms with Gasteiger partial charge in [-0.1, -0.05) is 20.8 Å². The van der Waals surface area contributed by atoms with E-state index in [1.54, 1.807) is 0 Å². The maximum atomic E-state index is 6.40. The fraction of sp³-hybridized carbons (Fsp3) is 0.929. The summed E-state index contributed by atoms with van der Waals surface area (Å²) in [7, 11) is -3.03. The second-order valence-corrected chi connectivity index (χ2v) is 8.46. The topological polar surface area (TPSA) is 92.1 Å². The lowest BCUT2D eigenvalue weighted by Crippen LogP contribution is -2.60. The Labute approximate surface area is 130 Å². The summed E-state index contributed by atoms with van der Waals surface area (Å²) in [5, 5.41) is 0. The van der Waals surface area contributed by atoms with Crippen LogP contribution in [0.3, 0.4) is 0 Å². The highest BCUT2D eigenvalue weighted by Crippen LogP contribution is 2.30. The van der Waals surface area contributed by atoms with Crippen molar-refractivity contribution < 1.29 is 13.3 Å². The highest BCUT2D eigenvalue weighted by atomic mass is 28.4. The third kappa shape index (κ3) is 5.94. The molecule has 1 atom stereocenters. The molecule has 0 fully saturated rings. The molecule has 0 radical (unpaired) electrons. The first kappa shape index (κ1) is 20.4. The SMILES string of the molecule is CCO[Si](OCC)(OC(C)(C)C(C)C)C(CC)N=C(N)N. The Balaban J connectivity index is 5.66. The van der Waals surface area contributed by atoms with Crippen molar-refractivity contribution in [3.63, 3.8) is 0 Å². The average Bonchev–Trinajstić information content (AvgIpc) is 2.35. The van der Waals surface area contributed by atoms with Crippen LogP contribution < -0.4 is 11.5 Å². The van der Waals surface area contributed by atoms with Crippen molar-refractivity contribution in [1.29, 1.82) is 0 Å². The maximum absolute atomic E-state index is 6.40. The average molecular weight is 320 g/mol. The smallest absolute Gasteiger partial charge is 0.373 e. The molecule has 0 spiro atoms. The molecule has 4 N–H and O–H groups in total. The van der Waals surface area contributed by atoms with Crippen molar-refractivity contribution in [3.05, 3.63) is 0 Å². The van der Waals surface area contributed by atoms with E-state index in [0.29, 0.717) is 25.6 Å². The van der Waals surface area contributed by atoms with E-state index in [2.05, 4.69) is 18.8 Å². The van der Waals surface area contributed by atoms with E-state index < -0.39 is 8.80 Å². The van der Waals surface area contributed by atoms with Gasteiger partial charge >= 0.3 is 8.80 Å². The zero-order chi connectivity index (χ0) is 16.7. The van der Waals surface area contributed by atoms with Crippen LogP contribution in [-0.4, -0.2) is 39.2 Å². The first-order chi connectivity index (χ1) is 9.65. The van der Waals surface area contributed by atoms with Crippen molar-refractivity contribution >= 4 is 14.8 Å². The molecule has 0 heterocycles. The molecule has 21 heavy (non-hydrogen) atoms. The number of hydrogen-bond acceptors (Lipinski definition) is 4. The fourth-order valence-electron chi connectivity index (χ4n) is 1.85. The molecule has 0 rings (SSSR count). The lowest BCUT2D eigenvalue weighted by Gasteiger charge is -2.41. The van der Waals surface area contributed by atoms with Gasteiger partial charge < -0.3 is 24.7 Å². The normalized spacial score (nSPS) is 14.3. The number of nitrogens with zero attached hydrogens (tertiary/aromatic N) is 1. The molecule has 0 aromatic rings. The van der Waals surface area contributed by atoms with Crippen molar-refractivity contribution in [2.75, 3.05) is 13.2 Å². The molecule has 126 valence electrons. The molecule has 0 amide bonds. The van der Waals surface area contributed by atoms with Crippen molar-refractivity contribution in [2.24, 2.45) is 22.4 Å². The Morgan fingerprint density at radius 1 is 1.10 bits per heavy atom. The van der Waals surface area contributed by atoms with Crippen molar-refractivity contribution in [3.8, 4) is 0 Å². The van der Waals surface area contributed by atoms with E-state index in [9.17, 15) is 0 Å². The van der Waals surface area contributed by atoms with Crippen LogP contribution >= 0.6 is 0 Å². The molecule has 1 unspecified atom stereocenters. The zero-order valence-electron chi connectivity index (χ0n) is 14.6. The van der Waals surface area contributed by atoms with Gasteiger partial charge in [0.1, 0.15) is 5.67 Å². The Morgan fingerprint density at radius 2 is 1.57 bits per heavy atom. The number of guanidine groups is 1. The van der Waals surface area contributed by atoms with Gasteiger partial charge in [0, 0.05) is 13.2 Å². The molecule has 0 aliphatic heterocycles. The Hall–Kier alpha value is -0.633. The van der Waals surface area contributed by atoms with Crippen LogP contribution in [0.4, 0.5) is 0 Å². The Bertz CT molecular complexity index is 325. The summed E-state index contributed by atoms with van der Waals surface area (Å²) in [6, 6.07) is 0. The summed E-state index contributed by atoms with van der Waals surface area (Å²) in [5.41, 5.74) is 10.5. The van der Waals surface area contributed by atoms with Gasteiger partial charge in [0.2, 0.25) is 0 Å². The molecule has 0 aliphatic rings. The van der Waals surface area contributed by atoms with Crippen LogP contribution in [0.2, 0.25) is 0 Å². The van der Waals surface area contributed by atoms with Crippen LogP contribution in [0.15, 0.2) is 4.99 Å². The highest BCUT2D eigenvalue weighted by Gasteiger charge is 2.53. The molecule has 0 aliphatic carbocycles. The van der Waals surface area contributed by atoms with Gasteiger partial charge in [-0.05, 0) is 40.0 Å². The molecular weight excluding hydrogens is 286 g/mol. The second-order valence-electron chi connectivity index (χ2n) is 5.81. The van der Waals surface area contributed by atoms with Gasteiger partial charge in [-0.15, -0.1) is 0 Å². The number of hydrogen-bond donors (Lipinski definition) is 2. The van der Waals surface area contributed by atoms with E-state index in [0.717, 1.165) is 0 Å². The predicted octanol–water partition coefficient (Wildman–Crippen LogP) is 2.04. The molecule has 0 bridgehead atoms. The van der Waals surface area contributed by atoms with Crippen molar-refractivity contribution in [2.45, 2.75) is 66.2 Å². The third-order valence-electron chi connectivity index (χ3n) is 3.59. The van der Waals surface area contributed by atoms with E-state index in [4.69, 9.17) is 24.7 Å². The molecule has 0 aromatic heterocycles. The Kier molecular flexibility index (Phi) is 8.46. The second kappa shape index (κ2) is 8.72. The highest BCUT2D eigenvalue weighted by molar-refractivity contribution is 6.62. The summed E-state index contributed by atoms with van der Waals surface area (Å²) < 4.78 is 18.4. The summed E-state index contributed by atoms with van der Waals surface area (Å²) in [5.74, 6) is 0.339. The minimum atomic E-state index is -3.03. The zero-order valence-corrected chi connectivity index (χ0v) is 15.6. The van der Waals surface area contributed by atoms with Gasteiger partial charge in [-0.2, -0.15) is 0 Å². The van der Waals surface area contributed by atoms with Gasteiger partial charge in [0.15, 0.2) is 5.96 Å². The molecule has 0 saturated carbocycles. The lowest BCUT2D eigenvalue weighted by molar-refractivity contribution is -0.0396. The molecule has 0 aromatic carbocycles. The van der Waals surface area contributed by atoms with E-state index in [1.807, 2.05) is 34.6 Å². The molecule has 0 saturated heterocycles. The van der Waals surface area contributed by atoms with Gasteiger partial charge in [-0.3, -0.25) is 0 Å². The first-order valence-electron chi connectivity index (χ1n) is 7.71. The number of rotatable bonds is 10. The standard InChI is InChI=1S/C14H33N3O3Si/c1-8-12(17-13(15)16)21(18-9-2,19-10-3)20-14(6,7)11(4)5/h11-12H,8-10H2,1-7H3,(H4,15,16,17). The summed E-state index contributed by atoms with van der Waals surface area (Å²) in [4.78, 5) is 4.31. The molecular formula is C14H33N3O3Si. The summed E-state index contributed by atoms with van der Waals surface area (Å²) in [6.07, 6.45) is 0.693. The van der Waals surface area contributed by atoms with E-state index in [-0.39, 0.29) is 17.2 Å². The minimum Gasteiger partial charge on any atom is -0.373 e. The largest absolute Gasteiger partial charge is 0.527 e. The lowest BCUT2D eigenvalue weighted by atomic mass is 9.95.